The molecule has 7 atom stereocenters. The summed E-state index contributed by atoms with van der Waals surface area (Å²) < 4.78 is 16.3. The first kappa shape index (κ1) is 41.7. The van der Waals surface area contributed by atoms with Gasteiger partial charge in [-0.05, 0) is 44.1 Å². The number of carbonyl (C=O) groups is 4. The van der Waals surface area contributed by atoms with Crippen molar-refractivity contribution < 1.29 is 38.5 Å². The van der Waals surface area contributed by atoms with Crippen molar-refractivity contribution >= 4 is 24.3 Å². The second kappa shape index (κ2) is 24.6. The van der Waals surface area contributed by atoms with Gasteiger partial charge in [-0.15, -0.1) is 13.2 Å². The van der Waals surface area contributed by atoms with Crippen LogP contribution in [-0.2, 0) is 39.8 Å². The maximum absolute atomic E-state index is 12.8. The first-order chi connectivity index (χ1) is 23.8. The van der Waals surface area contributed by atoms with Crippen LogP contribution in [-0.4, -0.2) is 59.9 Å². The highest BCUT2D eigenvalue weighted by Gasteiger charge is 2.44. The molecule has 49 heavy (non-hydrogen) atoms. The van der Waals surface area contributed by atoms with Gasteiger partial charge in [0.1, 0.15) is 24.4 Å². The molecular weight excluding hydrogens is 622 g/mol. The van der Waals surface area contributed by atoms with Crippen molar-refractivity contribution in [3.8, 4) is 0 Å². The second-order valence-electron chi connectivity index (χ2n) is 13.3. The highest BCUT2D eigenvalue weighted by Crippen LogP contribution is 2.33. The Morgan fingerprint density at radius 1 is 0.857 bits per heavy atom. The number of ether oxygens (including phenoxy) is 3. The zero-order valence-electron chi connectivity index (χ0n) is 29.9. The number of carbonyl (C=O) groups excluding carboxylic acids is 4. The average Bonchev–Trinajstić information content (AvgIpc) is 3.09. The monoisotopic (exact) mass is 683 g/mol. The SMILES string of the molecule is C=CCC[C@@H](C[C@@H]1OC(=O)[C@H]1CCCCCC)OC(=O)[C@H](Cc1ccccc1)NC=O.C=CCC[C@@H](O)C[C@@H]1OC(=O)[C@H]1CCCCCC. The molecule has 0 bridgehead atoms. The lowest BCUT2D eigenvalue weighted by atomic mass is 9.86. The molecule has 2 heterocycles. The molecule has 2 fully saturated rings. The van der Waals surface area contributed by atoms with Crippen LogP contribution in [0, 0.1) is 11.8 Å². The number of allylic oxidation sites excluding steroid dienone is 2. The van der Waals surface area contributed by atoms with E-state index in [0.717, 1.165) is 50.5 Å². The molecule has 1 aromatic rings. The lowest BCUT2D eigenvalue weighted by Crippen LogP contribution is -2.48. The summed E-state index contributed by atoms with van der Waals surface area (Å²) in [6.07, 6.45) is 18.1. The maximum atomic E-state index is 12.8. The summed E-state index contributed by atoms with van der Waals surface area (Å²) in [6, 6.07) is 8.71. The molecule has 2 aliphatic rings. The van der Waals surface area contributed by atoms with Crippen molar-refractivity contribution in [1.29, 1.82) is 0 Å². The fourth-order valence-corrected chi connectivity index (χ4v) is 6.28. The Balaban J connectivity index is 0.000000393. The summed E-state index contributed by atoms with van der Waals surface area (Å²) in [4.78, 5) is 47.2. The molecule has 9 heteroatoms. The molecule has 9 nitrogen and oxygen atoms in total. The lowest BCUT2D eigenvalue weighted by Gasteiger charge is -2.37. The van der Waals surface area contributed by atoms with Gasteiger partial charge in [0.05, 0.1) is 17.9 Å². The smallest absolute Gasteiger partial charge is 0.329 e. The third-order valence-corrected chi connectivity index (χ3v) is 9.29. The standard InChI is InChI=1S/C25H35NO5.C15H26O3/c1-3-5-7-11-15-21-23(31-24(21)28)17-20(14-6-4-2)30-25(29)22(26-18-27)16-19-12-9-8-10-13-19;1-3-5-7-8-10-13-14(18-15(13)17)11-12(16)9-6-4-2/h4,8-10,12-13,18,20-23H,2-3,5-7,11,14-17H2,1H3,(H,26,27);4,12-14,16H,2-3,5-11H2,1H3/t20-,21-,22-,23-;12-,13+,14+/m01/s1. The zero-order chi connectivity index (χ0) is 35.9. The number of rotatable bonds is 26. The number of amides is 1. The van der Waals surface area contributed by atoms with E-state index in [2.05, 4.69) is 32.3 Å². The van der Waals surface area contributed by atoms with Crippen molar-refractivity contribution in [2.24, 2.45) is 11.8 Å². The van der Waals surface area contributed by atoms with E-state index in [1.54, 1.807) is 12.2 Å². The molecule has 274 valence electrons. The van der Waals surface area contributed by atoms with Crippen LogP contribution in [0.5, 0.6) is 0 Å². The van der Waals surface area contributed by atoms with E-state index in [0.29, 0.717) is 44.9 Å². The summed E-state index contributed by atoms with van der Waals surface area (Å²) in [5.41, 5.74) is 0.932. The Hall–Kier alpha value is -3.46. The third-order valence-electron chi connectivity index (χ3n) is 9.29. The Kier molecular flexibility index (Phi) is 21.0. The van der Waals surface area contributed by atoms with Crippen molar-refractivity contribution in [2.45, 2.75) is 153 Å². The van der Waals surface area contributed by atoms with E-state index in [1.165, 1.54) is 25.7 Å². The Morgan fingerprint density at radius 3 is 1.92 bits per heavy atom. The number of hydrogen-bond donors (Lipinski definition) is 2. The topological polar surface area (TPSA) is 128 Å². The number of esters is 3. The van der Waals surface area contributed by atoms with Gasteiger partial charge < -0.3 is 24.6 Å². The van der Waals surface area contributed by atoms with Crippen molar-refractivity contribution in [1.82, 2.24) is 5.32 Å². The summed E-state index contributed by atoms with van der Waals surface area (Å²) >= 11 is 0. The third kappa shape index (κ3) is 15.7. The molecule has 0 unspecified atom stereocenters. The van der Waals surface area contributed by atoms with Crippen LogP contribution in [0.25, 0.3) is 0 Å². The molecule has 0 radical (unpaired) electrons. The van der Waals surface area contributed by atoms with Crippen molar-refractivity contribution in [3.63, 3.8) is 0 Å². The van der Waals surface area contributed by atoms with Gasteiger partial charge in [0.15, 0.2) is 0 Å². The van der Waals surface area contributed by atoms with E-state index >= 15 is 0 Å². The molecule has 0 aliphatic carbocycles. The van der Waals surface area contributed by atoms with Crippen LogP contribution >= 0.6 is 0 Å². The van der Waals surface area contributed by atoms with Gasteiger partial charge in [0.25, 0.3) is 0 Å². The first-order valence-electron chi connectivity index (χ1n) is 18.5. The molecule has 0 aromatic heterocycles. The van der Waals surface area contributed by atoms with Crippen LogP contribution in [0.4, 0.5) is 0 Å². The lowest BCUT2D eigenvalue weighted by molar-refractivity contribution is -0.191. The van der Waals surface area contributed by atoms with Gasteiger partial charge in [-0.25, -0.2) is 4.79 Å². The Morgan fingerprint density at radius 2 is 1.41 bits per heavy atom. The number of aliphatic hydroxyl groups is 1. The van der Waals surface area contributed by atoms with Crippen molar-refractivity contribution in [2.75, 3.05) is 0 Å². The molecule has 0 spiro atoms. The number of aliphatic hydroxyl groups excluding tert-OH is 1. The summed E-state index contributed by atoms with van der Waals surface area (Å²) in [5.74, 6) is -0.794. The zero-order valence-corrected chi connectivity index (χ0v) is 29.9. The molecule has 2 N–H and O–H groups in total. The van der Waals surface area contributed by atoms with Crippen LogP contribution in [0.1, 0.15) is 122 Å². The van der Waals surface area contributed by atoms with Gasteiger partial charge in [0, 0.05) is 19.3 Å². The molecule has 1 aromatic carbocycles. The number of unbranched alkanes of at least 4 members (excludes halogenated alkanes) is 6. The number of cyclic esters (lactones) is 2. The highest BCUT2D eigenvalue weighted by atomic mass is 16.6. The van der Waals surface area contributed by atoms with Crippen LogP contribution in [0.2, 0.25) is 0 Å². The van der Waals surface area contributed by atoms with Crippen LogP contribution in [0.3, 0.4) is 0 Å². The fraction of sp³-hybridized carbons (Fsp3) is 0.650. The molecule has 1 amide bonds. The van der Waals surface area contributed by atoms with Gasteiger partial charge in [-0.1, -0.05) is 108 Å². The van der Waals surface area contributed by atoms with E-state index in [1.807, 2.05) is 30.3 Å². The summed E-state index contributed by atoms with van der Waals surface area (Å²) in [7, 11) is 0. The van der Waals surface area contributed by atoms with Gasteiger partial charge >= 0.3 is 17.9 Å². The minimum atomic E-state index is -0.764. The van der Waals surface area contributed by atoms with Gasteiger partial charge in [-0.3, -0.25) is 14.4 Å². The maximum Gasteiger partial charge on any atom is 0.329 e. The quantitative estimate of drug-likeness (QED) is 0.0341. The number of nitrogens with one attached hydrogen (secondary N) is 1. The fourth-order valence-electron chi connectivity index (χ4n) is 6.28. The van der Waals surface area contributed by atoms with Crippen LogP contribution in [0.15, 0.2) is 55.6 Å². The van der Waals surface area contributed by atoms with E-state index < -0.39 is 18.1 Å². The largest absolute Gasteiger partial charge is 0.461 e. The molecular formula is C40H61NO8. The minimum Gasteiger partial charge on any atom is -0.461 e. The predicted octanol–water partition coefficient (Wildman–Crippen LogP) is 7.34. The highest BCUT2D eigenvalue weighted by molar-refractivity contribution is 5.80. The van der Waals surface area contributed by atoms with Gasteiger partial charge in [-0.2, -0.15) is 0 Å². The molecule has 3 rings (SSSR count). The van der Waals surface area contributed by atoms with E-state index in [-0.39, 0.29) is 42.1 Å². The van der Waals surface area contributed by atoms with E-state index in [9.17, 15) is 24.3 Å². The summed E-state index contributed by atoms with van der Waals surface area (Å²) in [6.45, 7) is 11.7. The normalized spacial score (nSPS) is 21.2. The summed E-state index contributed by atoms with van der Waals surface area (Å²) in [5, 5.41) is 12.4. The average molecular weight is 684 g/mol. The Bertz CT molecular complexity index is 1120. The van der Waals surface area contributed by atoms with Crippen molar-refractivity contribution in [3.05, 3.63) is 61.2 Å². The minimum absolute atomic E-state index is 0.0280. The van der Waals surface area contributed by atoms with Gasteiger partial charge in [0.2, 0.25) is 6.41 Å². The number of hydrogen-bond acceptors (Lipinski definition) is 8. The first-order valence-corrected chi connectivity index (χ1v) is 18.5. The second-order valence-corrected chi connectivity index (χ2v) is 13.3. The number of benzene rings is 1. The van der Waals surface area contributed by atoms with Crippen LogP contribution < -0.4 is 5.32 Å². The predicted molar refractivity (Wildman–Crippen MR) is 191 cm³/mol. The Labute approximate surface area is 294 Å². The molecule has 0 saturated carbocycles. The molecule has 2 saturated heterocycles. The van der Waals surface area contributed by atoms with E-state index in [4.69, 9.17) is 14.2 Å². The molecule has 2 aliphatic heterocycles.